The van der Waals surface area contributed by atoms with E-state index in [2.05, 4.69) is 10.6 Å². The van der Waals surface area contributed by atoms with Crippen molar-refractivity contribution in [2.75, 3.05) is 7.05 Å². The number of carbonyl (C=O) groups excluding carboxylic acids is 2. The fourth-order valence-corrected chi connectivity index (χ4v) is 1.18. The van der Waals surface area contributed by atoms with Crippen molar-refractivity contribution < 1.29 is 14.3 Å². The summed E-state index contributed by atoms with van der Waals surface area (Å²) in [5.74, 6) is -0.201. The zero-order valence-electron chi connectivity index (χ0n) is 10.7. The number of amides is 2. The first-order valence-electron chi connectivity index (χ1n) is 5.51. The molecule has 0 heterocycles. The summed E-state index contributed by atoms with van der Waals surface area (Å²) in [4.78, 5) is 22.9. The molecular formula is C11H22N2O3. The third kappa shape index (κ3) is 6.27. The molecule has 0 aromatic heterocycles. The maximum atomic E-state index is 11.5. The molecule has 16 heavy (non-hydrogen) atoms. The normalized spacial score (nSPS) is 12.8. The summed E-state index contributed by atoms with van der Waals surface area (Å²) in [5, 5.41) is 5.06. The Balaban J connectivity index is 4.29. The van der Waals surface area contributed by atoms with E-state index in [0.717, 1.165) is 6.42 Å². The molecule has 2 amide bonds. The van der Waals surface area contributed by atoms with Crippen molar-refractivity contribution in [3.8, 4) is 0 Å². The Hall–Kier alpha value is -1.26. The Morgan fingerprint density at radius 1 is 1.31 bits per heavy atom. The van der Waals surface area contributed by atoms with Gasteiger partial charge in [-0.15, -0.1) is 0 Å². The van der Waals surface area contributed by atoms with Gasteiger partial charge in [0.05, 0.1) is 0 Å². The summed E-state index contributed by atoms with van der Waals surface area (Å²) in [6.45, 7) is 7.29. The van der Waals surface area contributed by atoms with Crippen LogP contribution in [0.25, 0.3) is 0 Å². The van der Waals surface area contributed by atoms with E-state index in [4.69, 9.17) is 4.74 Å². The zero-order valence-corrected chi connectivity index (χ0v) is 10.7. The molecule has 0 radical (unpaired) electrons. The van der Waals surface area contributed by atoms with Gasteiger partial charge in [0, 0.05) is 7.05 Å². The third-order valence-corrected chi connectivity index (χ3v) is 1.83. The van der Waals surface area contributed by atoms with Gasteiger partial charge in [0.15, 0.2) is 0 Å². The highest BCUT2D eigenvalue weighted by Crippen LogP contribution is 2.07. The second kappa shape index (κ2) is 6.35. The van der Waals surface area contributed by atoms with Gasteiger partial charge in [-0.05, 0) is 27.2 Å². The minimum Gasteiger partial charge on any atom is -0.444 e. The molecule has 0 aliphatic heterocycles. The Kier molecular flexibility index (Phi) is 5.85. The average molecular weight is 230 g/mol. The molecule has 0 spiro atoms. The first kappa shape index (κ1) is 14.7. The summed E-state index contributed by atoms with van der Waals surface area (Å²) < 4.78 is 5.08. The number of alkyl carbamates (subject to hydrolysis) is 1. The number of hydrogen-bond donors (Lipinski definition) is 2. The van der Waals surface area contributed by atoms with Crippen LogP contribution in [0.2, 0.25) is 0 Å². The summed E-state index contributed by atoms with van der Waals surface area (Å²) in [6, 6.07) is -0.523. The van der Waals surface area contributed by atoms with Gasteiger partial charge >= 0.3 is 6.09 Å². The summed E-state index contributed by atoms with van der Waals surface area (Å²) in [6.07, 6.45) is 0.849. The van der Waals surface area contributed by atoms with Gasteiger partial charge < -0.3 is 15.4 Å². The van der Waals surface area contributed by atoms with Crippen LogP contribution in [-0.4, -0.2) is 30.7 Å². The molecular weight excluding hydrogens is 208 g/mol. The van der Waals surface area contributed by atoms with Gasteiger partial charge in [0.1, 0.15) is 11.6 Å². The second-order valence-corrected chi connectivity index (χ2v) is 4.60. The summed E-state index contributed by atoms with van der Waals surface area (Å²) in [5.41, 5.74) is -0.552. The molecule has 94 valence electrons. The minimum absolute atomic E-state index is 0.201. The van der Waals surface area contributed by atoms with E-state index in [1.165, 1.54) is 0 Å². The molecule has 0 fully saturated rings. The van der Waals surface area contributed by atoms with E-state index >= 15 is 0 Å². The van der Waals surface area contributed by atoms with E-state index in [0.29, 0.717) is 6.42 Å². The molecule has 5 nitrogen and oxygen atoms in total. The van der Waals surface area contributed by atoms with Gasteiger partial charge in [-0.2, -0.15) is 0 Å². The first-order chi connectivity index (χ1) is 7.30. The van der Waals surface area contributed by atoms with E-state index in [1.807, 2.05) is 6.92 Å². The molecule has 2 N–H and O–H groups in total. The molecule has 0 aliphatic rings. The molecule has 0 aliphatic carbocycles. The Morgan fingerprint density at radius 3 is 2.25 bits per heavy atom. The molecule has 1 unspecified atom stereocenters. The second-order valence-electron chi connectivity index (χ2n) is 4.60. The topological polar surface area (TPSA) is 67.4 Å². The monoisotopic (exact) mass is 230 g/mol. The lowest BCUT2D eigenvalue weighted by molar-refractivity contribution is -0.122. The van der Waals surface area contributed by atoms with Gasteiger partial charge in [-0.25, -0.2) is 4.79 Å². The van der Waals surface area contributed by atoms with Crippen molar-refractivity contribution >= 4 is 12.0 Å². The smallest absolute Gasteiger partial charge is 0.408 e. The number of ether oxygens (including phenoxy) is 1. The highest BCUT2D eigenvalue weighted by Gasteiger charge is 2.22. The number of carbonyl (C=O) groups is 2. The van der Waals surface area contributed by atoms with Crippen molar-refractivity contribution in [1.82, 2.24) is 10.6 Å². The van der Waals surface area contributed by atoms with Crippen LogP contribution in [0.4, 0.5) is 4.79 Å². The largest absolute Gasteiger partial charge is 0.444 e. The van der Waals surface area contributed by atoms with Gasteiger partial charge in [0.2, 0.25) is 5.91 Å². The average Bonchev–Trinajstić information content (AvgIpc) is 2.13. The first-order valence-corrected chi connectivity index (χ1v) is 5.51. The van der Waals surface area contributed by atoms with Gasteiger partial charge in [-0.1, -0.05) is 13.3 Å². The maximum Gasteiger partial charge on any atom is 0.408 e. The molecule has 0 saturated carbocycles. The number of likely N-dealkylation sites (N-methyl/N-ethyl adjacent to an activating group) is 1. The molecule has 0 bridgehead atoms. The molecule has 0 aromatic carbocycles. The zero-order chi connectivity index (χ0) is 12.8. The maximum absolute atomic E-state index is 11.5. The highest BCUT2D eigenvalue weighted by molar-refractivity contribution is 5.85. The van der Waals surface area contributed by atoms with Crippen molar-refractivity contribution in [3.05, 3.63) is 0 Å². The van der Waals surface area contributed by atoms with Crippen LogP contribution >= 0.6 is 0 Å². The van der Waals surface area contributed by atoms with Crippen molar-refractivity contribution in [3.63, 3.8) is 0 Å². The van der Waals surface area contributed by atoms with Gasteiger partial charge in [-0.3, -0.25) is 4.79 Å². The van der Waals surface area contributed by atoms with E-state index in [9.17, 15) is 9.59 Å². The predicted octanol–water partition coefficient (Wildman–Crippen LogP) is 1.43. The molecule has 0 rings (SSSR count). The lowest BCUT2D eigenvalue weighted by atomic mass is 10.1. The number of rotatable bonds is 4. The van der Waals surface area contributed by atoms with Crippen LogP contribution in [0.5, 0.6) is 0 Å². The quantitative estimate of drug-likeness (QED) is 0.767. The minimum atomic E-state index is -0.561. The third-order valence-electron chi connectivity index (χ3n) is 1.83. The number of hydrogen-bond acceptors (Lipinski definition) is 3. The van der Waals surface area contributed by atoms with E-state index < -0.39 is 17.7 Å². The predicted molar refractivity (Wildman–Crippen MR) is 62.1 cm³/mol. The van der Waals surface area contributed by atoms with Crippen LogP contribution in [0.15, 0.2) is 0 Å². The summed E-state index contributed by atoms with van der Waals surface area (Å²) >= 11 is 0. The van der Waals surface area contributed by atoms with Crippen LogP contribution in [-0.2, 0) is 9.53 Å². The molecule has 0 saturated heterocycles. The van der Waals surface area contributed by atoms with Crippen LogP contribution < -0.4 is 10.6 Å². The van der Waals surface area contributed by atoms with Crippen molar-refractivity contribution in [2.24, 2.45) is 0 Å². The molecule has 1 atom stereocenters. The van der Waals surface area contributed by atoms with Crippen LogP contribution in [0.1, 0.15) is 40.5 Å². The fraction of sp³-hybridized carbons (Fsp3) is 0.818. The SMILES string of the molecule is CCCC(NC(=O)OC(C)(C)C)C(=O)NC. The lowest BCUT2D eigenvalue weighted by Crippen LogP contribution is -2.47. The van der Waals surface area contributed by atoms with Crippen LogP contribution in [0.3, 0.4) is 0 Å². The lowest BCUT2D eigenvalue weighted by Gasteiger charge is -2.22. The van der Waals surface area contributed by atoms with Crippen LogP contribution in [0, 0.1) is 0 Å². The van der Waals surface area contributed by atoms with Crippen molar-refractivity contribution in [2.45, 2.75) is 52.2 Å². The fourth-order valence-electron chi connectivity index (χ4n) is 1.18. The Bertz CT molecular complexity index is 246. The van der Waals surface area contributed by atoms with E-state index in [1.54, 1.807) is 27.8 Å². The number of nitrogens with one attached hydrogen (secondary N) is 2. The molecule has 5 heteroatoms. The van der Waals surface area contributed by atoms with E-state index in [-0.39, 0.29) is 5.91 Å². The Morgan fingerprint density at radius 2 is 1.88 bits per heavy atom. The highest BCUT2D eigenvalue weighted by atomic mass is 16.6. The standard InChI is InChI=1S/C11H22N2O3/c1-6-7-8(9(14)12-5)13-10(15)16-11(2,3)4/h8H,6-7H2,1-5H3,(H,12,14)(H,13,15). The summed E-state index contributed by atoms with van der Waals surface area (Å²) in [7, 11) is 1.54. The molecule has 0 aromatic rings. The van der Waals surface area contributed by atoms with Gasteiger partial charge in [0.25, 0.3) is 0 Å². The Labute approximate surface area is 96.9 Å². The van der Waals surface area contributed by atoms with Crippen molar-refractivity contribution in [1.29, 1.82) is 0 Å².